The number of aryl methyl sites for hydroxylation is 1. The lowest BCUT2D eigenvalue weighted by atomic mass is 10.2. The van der Waals surface area contributed by atoms with Gasteiger partial charge in [0.05, 0.1) is 6.61 Å². The molecule has 0 spiro atoms. The zero-order chi connectivity index (χ0) is 10.1. The van der Waals surface area contributed by atoms with E-state index in [1.807, 2.05) is 41.9 Å². The van der Waals surface area contributed by atoms with Gasteiger partial charge in [0, 0.05) is 18.3 Å². The molecule has 0 aliphatic carbocycles. The highest BCUT2D eigenvalue weighted by Gasteiger charge is 2.12. The van der Waals surface area contributed by atoms with E-state index in [2.05, 4.69) is 0 Å². The number of para-hydroxylation sites is 1. The summed E-state index contributed by atoms with van der Waals surface area (Å²) in [7, 11) is 1.89. The van der Waals surface area contributed by atoms with Crippen LogP contribution in [-0.4, -0.2) is 21.4 Å². The van der Waals surface area contributed by atoms with Crippen molar-refractivity contribution in [2.24, 2.45) is 7.05 Å². The second-order valence-corrected chi connectivity index (χ2v) is 3.39. The second kappa shape index (κ2) is 3.44. The minimum atomic E-state index is -0.799. The summed E-state index contributed by atoms with van der Waals surface area (Å²) in [6, 6.07) is 9.79. The van der Waals surface area contributed by atoms with Gasteiger partial charge >= 0.3 is 0 Å². The molecule has 3 heteroatoms. The molecule has 0 radical (unpaired) electrons. The molecule has 14 heavy (non-hydrogen) atoms. The molecule has 2 N–H and O–H groups in total. The van der Waals surface area contributed by atoms with E-state index >= 15 is 0 Å². The number of aliphatic hydroxyl groups excluding tert-OH is 2. The smallest absolute Gasteiger partial charge is 0.117 e. The van der Waals surface area contributed by atoms with Gasteiger partial charge in [0.25, 0.3) is 0 Å². The number of nitrogens with zero attached hydrogens (tertiary/aromatic N) is 1. The van der Waals surface area contributed by atoms with Crippen molar-refractivity contribution in [3.63, 3.8) is 0 Å². The molecule has 74 valence electrons. The molecular weight excluding hydrogens is 178 g/mol. The maximum atomic E-state index is 9.54. The summed E-state index contributed by atoms with van der Waals surface area (Å²) in [6.07, 6.45) is -0.799. The maximum Gasteiger partial charge on any atom is 0.117 e. The predicted octanol–water partition coefficient (Wildman–Crippen LogP) is 1.20. The minimum absolute atomic E-state index is 0.246. The first-order valence-corrected chi connectivity index (χ1v) is 4.57. The normalized spacial score (nSPS) is 13.4. The third-order valence-corrected chi connectivity index (χ3v) is 2.50. The fourth-order valence-corrected chi connectivity index (χ4v) is 1.72. The first kappa shape index (κ1) is 9.24. The van der Waals surface area contributed by atoms with Crippen molar-refractivity contribution in [1.82, 2.24) is 4.57 Å². The number of benzene rings is 1. The van der Waals surface area contributed by atoms with Crippen LogP contribution in [0.5, 0.6) is 0 Å². The molecule has 0 unspecified atom stereocenters. The van der Waals surface area contributed by atoms with Crippen LogP contribution in [0.15, 0.2) is 30.3 Å². The number of hydrogen-bond acceptors (Lipinski definition) is 2. The highest BCUT2D eigenvalue weighted by Crippen LogP contribution is 2.22. The first-order valence-electron chi connectivity index (χ1n) is 4.57. The number of aliphatic hydroxyl groups is 2. The molecule has 2 rings (SSSR count). The van der Waals surface area contributed by atoms with Crippen molar-refractivity contribution in [2.75, 3.05) is 6.61 Å². The van der Waals surface area contributed by atoms with Gasteiger partial charge in [0.1, 0.15) is 6.10 Å². The first-order chi connectivity index (χ1) is 6.74. The van der Waals surface area contributed by atoms with Gasteiger partial charge in [0.15, 0.2) is 0 Å². The summed E-state index contributed by atoms with van der Waals surface area (Å²) in [5.74, 6) is 0. The Morgan fingerprint density at radius 2 is 2.07 bits per heavy atom. The zero-order valence-electron chi connectivity index (χ0n) is 8.01. The van der Waals surface area contributed by atoms with Crippen LogP contribution in [-0.2, 0) is 7.05 Å². The van der Waals surface area contributed by atoms with Gasteiger partial charge in [-0.25, -0.2) is 0 Å². The molecule has 0 saturated carbocycles. The predicted molar refractivity (Wildman–Crippen MR) is 55.0 cm³/mol. The van der Waals surface area contributed by atoms with Crippen molar-refractivity contribution in [1.29, 1.82) is 0 Å². The molecule has 0 amide bonds. The Labute approximate surface area is 82.2 Å². The zero-order valence-corrected chi connectivity index (χ0v) is 8.01. The highest BCUT2D eigenvalue weighted by molar-refractivity contribution is 5.81. The summed E-state index contributed by atoms with van der Waals surface area (Å²) in [5, 5.41) is 19.5. The molecule has 1 aromatic carbocycles. The largest absolute Gasteiger partial charge is 0.393 e. The molecule has 1 aromatic heterocycles. The van der Waals surface area contributed by atoms with Crippen LogP contribution in [0.2, 0.25) is 0 Å². The molecular formula is C11H13NO2. The molecule has 1 atom stereocenters. The fourth-order valence-electron chi connectivity index (χ4n) is 1.72. The van der Waals surface area contributed by atoms with Gasteiger partial charge < -0.3 is 14.8 Å². The van der Waals surface area contributed by atoms with Crippen LogP contribution < -0.4 is 0 Å². The van der Waals surface area contributed by atoms with E-state index in [1.165, 1.54) is 0 Å². The van der Waals surface area contributed by atoms with Crippen LogP contribution in [0.3, 0.4) is 0 Å². The van der Waals surface area contributed by atoms with Crippen LogP contribution >= 0.6 is 0 Å². The number of aromatic nitrogens is 1. The molecule has 1 heterocycles. The Morgan fingerprint density at radius 1 is 1.36 bits per heavy atom. The maximum absolute atomic E-state index is 9.54. The van der Waals surface area contributed by atoms with Crippen molar-refractivity contribution in [3.8, 4) is 0 Å². The summed E-state index contributed by atoms with van der Waals surface area (Å²) in [4.78, 5) is 0. The molecule has 0 aliphatic rings. The average Bonchev–Trinajstić information content (AvgIpc) is 2.56. The lowest BCUT2D eigenvalue weighted by Crippen LogP contribution is -2.07. The number of fused-ring (bicyclic) bond motifs is 1. The van der Waals surface area contributed by atoms with E-state index in [4.69, 9.17) is 5.11 Å². The van der Waals surface area contributed by atoms with E-state index in [0.717, 1.165) is 16.6 Å². The molecule has 0 fully saturated rings. The lowest BCUT2D eigenvalue weighted by molar-refractivity contribution is 0.0903. The molecule has 0 saturated heterocycles. The molecule has 2 aromatic rings. The van der Waals surface area contributed by atoms with Crippen molar-refractivity contribution in [3.05, 3.63) is 36.0 Å². The average molecular weight is 191 g/mol. The summed E-state index contributed by atoms with van der Waals surface area (Å²) in [6.45, 7) is -0.246. The van der Waals surface area contributed by atoms with Gasteiger partial charge in [-0.05, 0) is 17.5 Å². The van der Waals surface area contributed by atoms with Crippen molar-refractivity contribution >= 4 is 10.9 Å². The number of hydrogen-bond donors (Lipinski definition) is 2. The van der Waals surface area contributed by atoms with Gasteiger partial charge in [-0.15, -0.1) is 0 Å². The second-order valence-electron chi connectivity index (χ2n) is 3.39. The van der Waals surface area contributed by atoms with Gasteiger partial charge in [0.2, 0.25) is 0 Å². The van der Waals surface area contributed by atoms with Crippen molar-refractivity contribution in [2.45, 2.75) is 6.10 Å². The monoisotopic (exact) mass is 191 g/mol. The summed E-state index contributed by atoms with van der Waals surface area (Å²) < 4.78 is 1.90. The molecule has 0 aliphatic heterocycles. The number of rotatable bonds is 2. The standard InChI is InChI=1S/C11H13NO2/c1-12-9-5-3-2-4-8(9)6-10(12)11(14)7-13/h2-6,11,13-14H,7H2,1H3/t11-/m0/s1. The van der Waals surface area contributed by atoms with E-state index in [-0.39, 0.29) is 6.61 Å². The van der Waals surface area contributed by atoms with Crippen LogP contribution in [0.25, 0.3) is 10.9 Å². The third kappa shape index (κ3) is 1.31. The SMILES string of the molecule is Cn1c([C@@H](O)CO)cc2ccccc21. The van der Waals surface area contributed by atoms with Crippen molar-refractivity contribution < 1.29 is 10.2 Å². The van der Waals surface area contributed by atoms with Crippen LogP contribution in [0.4, 0.5) is 0 Å². The Morgan fingerprint density at radius 3 is 2.71 bits per heavy atom. The van der Waals surface area contributed by atoms with Gasteiger partial charge in [-0.2, -0.15) is 0 Å². The van der Waals surface area contributed by atoms with E-state index in [0.29, 0.717) is 0 Å². The Bertz CT molecular complexity index is 447. The third-order valence-electron chi connectivity index (χ3n) is 2.50. The molecule has 3 nitrogen and oxygen atoms in total. The van der Waals surface area contributed by atoms with Crippen LogP contribution in [0.1, 0.15) is 11.8 Å². The Kier molecular flexibility index (Phi) is 2.27. The van der Waals surface area contributed by atoms with E-state index in [1.54, 1.807) is 0 Å². The van der Waals surface area contributed by atoms with Gasteiger partial charge in [-0.1, -0.05) is 18.2 Å². The molecule has 0 bridgehead atoms. The quantitative estimate of drug-likeness (QED) is 0.749. The summed E-state index contributed by atoms with van der Waals surface area (Å²) in [5.41, 5.74) is 1.81. The van der Waals surface area contributed by atoms with Crippen LogP contribution in [0, 0.1) is 0 Å². The van der Waals surface area contributed by atoms with Gasteiger partial charge in [-0.3, -0.25) is 0 Å². The Balaban J connectivity index is 2.62. The van der Waals surface area contributed by atoms with E-state index < -0.39 is 6.10 Å². The topological polar surface area (TPSA) is 45.4 Å². The fraction of sp³-hybridized carbons (Fsp3) is 0.273. The lowest BCUT2D eigenvalue weighted by Gasteiger charge is -2.08. The highest BCUT2D eigenvalue weighted by atomic mass is 16.3. The minimum Gasteiger partial charge on any atom is -0.393 e. The Hall–Kier alpha value is -1.32. The summed E-state index contributed by atoms with van der Waals surface area (Å²) >= 11 is 0. The van der Waals surface area contributed by atoms with E-state index in [9.17, 15) is 5.11 Å².